The van der Waals surface area contributed by atoms with Crippen molar-refractivity contribution in [3.8, 4) is 5.75 Å². The second kappa shape index (κ2) is 7.63. The highest BCUT2D eigenvalue weighted by Crippen LogP contribution is 2.32. The van der Waals surface area contributed by atoms with Gasteiger partial charge in [0, 0.05) is 11.1 Å². The van der Waals surface area contributed by atoms with Crippen molar-refractivity contribution in [1.29, 1.82) is 0 Å². The molecule has 0 unspecified atom stereocenters. The van der Waals surface area contributed by atoms with E-state index in [-0.39, 0.29) is 31.8 Å². The first kappa shape index (κ1) is 20.2. The van der Waals surface area contributed by atoms with Gasteiger partial charge in [-0.3, -0.25) is 4.79 Å². The van der Waals surface area contributed by atoms with E-state index in [0.29, 0.717) is 5.56 Å². The number of ketones is 1. The van der Waals surface area contributed by atoms with E-state index in [4.69, 9.17) is 38.2 Å². The summed E-state index contributed by atoms with van der Waals surface area (Å²) in [7, 11) is -4.10. The predicted molar refractivity (Wildman–Crippen MR) is 95.6 cm³/mol. The van der Waals surface area contributed by atoms with Crippen LogP contribution in [0.5, 0.6) is 5.75 Å². The Morgan fingerprint density at radius 2 is 1.85 bits per heavy atom. The SMILES string of the molecule is Cc1c(C(=O)c2ccc(Cl)c(S(N)(=O)=O)c2)ccc(OCC(=O)O)c1Cl. The highest BCUT2D eigenvalue weighted by molar-refractivity contribution is 7.89. The minimum atomic E-state index is -4.10. The van der Waals surface area contributed by atoms with Gasteiger partial charge in [0.05, 0.1) is 10.0 Å². The van der Waals surface area contributed by atoms with Gasteiger partial charge in [0.15, 0.2) is 12.4 Å². The second-order valence-electron chi connectivity index (χ2n) is 5.25. The lowest BCUT2D eigenvalue weighted by Gasteiger charge is -2.12. The number of ether oxygens (including phenoxy) is 1. The summed E-state index contributed by atoms with van der Waals surface area (Å²) < 4.78 is 28.2. The van der Waals surface area contributed by atoms with E-state index in [9.17, 15) is 18.0 Å². The zero-order chi connectivity index (χ0) is 19.6. The standard InChI is InChI=1S/C16H13Cl2NO6S/c1-8-10(3-5-12(15(8)18)25-7-14(20)21)16(22)9-2-4-11(17)13(6-9)26(19,23)24/h2-6H,7H2,1H3,(H,20,21)(H2,19,23,24). The van der Waals surface area contributed by atoms with Gasteiger partial charge in [0.1, 0.15) is 10.6 Å². The van der Waals surface area contributed by atoms with Crippen molar-refractivity contribution >= 4 is 45.0 Å². The van der Waals surface area contributed by atoms with Crippen LogP contribution in [0.3, 0.4) is 0 Å². The Hall–Kier alpha value is -2.13. The maximum atomic E-state index is 12.7. The molecule has 2 rings (SSSR count). The lowest BCUT2D eigenvalue weighted by atomic mass is 9.99. The summed E-state index contributed by atoms with van der Waals surface area (Å²) in [5.41, 5.74) is 0.601. The summed E-state index contributed by atoms with van der Waals surface area (Å²) in [5.74, 6) is -1.56. The van der Waals surface area contributed by atoms with Gasteiger partial charge >= 0.3 is 5.97 Å². The predicted octanol–water partition coefficient (Wildman–Crippen LogP) is 2.64. The van der Waals surface area contributed by atoms with Crippen molar-refractivity contribution in [1.82, 2.24) is 0 Å². The molecule has 0 fully saturated rings. The highest BCUT2D eigenvalue weighted by Gasteiger charge is 2.20. The fourth-order valence-electron chi connectivity index (χ4n) is 2.18. The molecular formula is C16H13Cl2NO6S. The molecule has 0 aliphatic rings. The number of rotatable bonds is 6. The van der Waals surface area contributed by atoms with E-state index in [1.807, 2.05) is 0 Å². The fourth-order valence-corrected chi connectivity index (χ4v) is 3.47. The van der Waals surface area contributed by atoms with Crippen molar-refractivity contribution in [2.75, 3.05) is 6.61 Å². The third kappa shape index (κ3) is 4.34. The summed E-state index contributed by atoms with van der Waals surface area (Å²) in [5, 5.41) is 13.7. The molecular weight excluding hydrogens is 405 g/mol. The Kier molecular flexibility index (Phi) is 5.92. The highest BCUT2D eigenvalue weighted by atomic mass is 35.5. The first-order valence-electron chi connectivity index (χ1n) is 7.03. The molecule has 2 aromatic carbocycles. The lowest BCUT2D eigenvalue weighted by Crippen LogP contribution is -2.14. The van der Waals surface area contributed by atoms with Crippen LogP contribution in [0.2, 0.25) is 10.0 Å². The van der Waals surface area contributed by atoms with Gasteiger partial charge in [-0.15, -0.1) is 0 Å². The van der Waals surface area contributed by atoms with Crippen LogP contribution in [0.4, 0.5) is 0 Å². The van der Waals surface area contributed by atoms with Crippen molar-refractivity contribution in [2.24, 2.45) is 5.14 Å². The number of halogens is 2. The molecule has 0 saturated heterocycles. The number of carbonyl (C=O) groups excluding carboxylic acids is 1. The first-order valence-corrected chi connectivity index (χ1v) is 9.33. The van der Waals surface area contributed by atoms with E-state index in [1.165, 1.54) is 24.3 Å². The molecule has 7 nitrogen and oxygen atoms in total. The van der Waals surface area contributed by atoms with E-state index in [2.05, 4.69) is 0 Å². The maximum Gasteiger partial charge on any atom is 0.341 e. The second-order valence-corrected chi connectivity index (χ2v) is 7.57. The monoisotopic (exact) mass is 417 g/mol. The van der Waals surface area contributed by atoms with Crippen LogP contribution in [0, 0.1) is 6.92 Å². The van der Waals surface area contributed by atoms with Crippen LogP contribution in [0.1, 0.15) is 21.5 Å². The van der Waals surface area contributed by atoms with Gasteiger partial charge < -0.3 is 9.84 Å². The number of hydrogen-bond acceptors (Lipinski definition) is 5. The van der Waals surface area contributed by atoms with Crippen molar-refractivity contribution in [3.63, 3.8) is 0 Å². The Morgan fingerprint density at radius 1 is 1.19 bits per heavy atom. The van der Waals surface area contributed by atoms with Crippen LogP contribution < -0.4 is 9.88 Å². The summed E-state index contributed by atoms with van der Waals surface area (Å²) in [4.78, 5) is 22.9. The van der Waals surface area contributed by atoms with E-state index in [0.717, 1.165) is 6.07 Å². The van der Waals surface area contributed by atoms with Crippen LogP contribution in [-0.2, 0) is 14.8 Å². The molecule has 3 N–H and O–H groups in total. The molecule has 26 heavy (non-hydrogen) atoms. The Morgan fingerprint density at radius 3 is 2.42 bits per heavy atom. The molecule has 0 amide bonds. The zero-order valence-corrected chi connectivity index (χ0v) is 15.7. The average molecular weight is 418 g/mol. The molecule has 0 aliphatic heterocycles. The normalized spacial score (nSPS) is 11.2. The third-order valence-corrected chi connectivity index (χ3v) is 5.31. The van der Waals surface area contributed by atoms with Crippen molar-refractivity contribution < 1.29 is 27.9 Å². The van der Waals surface area contributed by atoms with Crippen LogP contribution in [0.15, 0.2) is 35.2 Å². The number of primary sulfonamides is 1. The van der Waals surface area contributed by atoms with Gasteiger partial charge in [0.2, 0.25) is 10.0 Å². The molecule has 0 radical (unpaired) electrons. The summed E-state index contributed by atoms with van der Waals surface area (Å²) >= 11 is 11.9. The van der Waals surface area contributed by atoms with Gasteiger partial charge in [0.25, 0.3) is 0 Å². The quantitative estimate of drug-likeness (QED) is 0.696. The molecule has 2 aromatic rings. The van der Waals surface area contributed by atoms with Gasteiger partial charge in [-0.2, -0.15) is 0 Å². The van der Waals surface area contributed by atoms with Crippen molar-refractivity contribution in [3.05, 3.63) is 57.1 Å². The van der Waals surface area contributed by atoms with E-state index >= 15 is 0 Å². The van der Waals surface area contributed by atoms with Gasteiger partial charge in [-0.25, -0.2) is 18.4 Å². The summed E-state index contributed by atoms with van der Waals surface area (Å²) in [6.45, 7) is 0.973. The minimum Gasteiger partial charge on any atom is -0.480 e. The Labute approximate surface area is 159 Å². The Bertz CT molecular complexity index is 1000. The number of hydrogen-bond donors (Lipinski definition) is 2. The molecule has 0 heterocycles. The summed E-state index contributed by atoms with van der Waals surface area (Å²) in [6, 6.07) is 6.48. The largest absolute Gasteiger partial charge is 0.480 e. The Balaban J connectivity index is 2.45. The third-order valence-electron chi connectivity index (χ3n) is 3.45. The number of benzene rings is 2. The molecule has 138 valence electrons. The van der Waals surface area contributed by atoms with E-state index < -0.39 is 28.4 Å². The molecule has 10 heteroatoms. The lowest BCUT2D eigenvalue weighted by molar-refractivity contribution is -0.139. The number of aliphatic carboxylic acids is 1. The van der Waals surface area contributed by atoms with Gasteiger partial charge in [-0.1, -0.05) is 23.2 Å². The zero-order valence-electron chi connectivity index (χ0n) is 13.3. The van der Waals surface area contributed by atoms with Crippen LogP contribution >= 0.6 is 23.2 Å². The smallest absolute Gasteiger partial charge is 0.341 e. The number of carboxylic acids is 1. The van der Waals surface area contributed by atoms with Gasteiger partial charge in [-0.05, 0) is 42.8 Å². The number of carboxylic acid groups (broad SMARTS) is 1. The minimum absolute atomic E-state index is 0.0526. The number of sulfonamides is 1. The van der Waals surface area contributed by atoms with E-state index in [1.54, 1.807) is 6.92 Å². The molecule has 0 aliphatic carbocycles. The topological polar surface area (TPSA) is 124 Å². The number of carbonyl (C=O) groups is 2. The average Bonchev–Trinajstić information content (AvgIpc) is 2.55. The first-order chi connectivity index (χ1) is 12.0. The molecule has 0 bridgehead atoms. The van der Waals surface area contributed by atoms with Crippen molar-refractivity contribution in [2.45, 2.75) is 11.8 Å². The molecule has 0 aromatic heterocycles. The maximum absolute atomic E-state index is 12.7. The molecule has 0 atom stereocenters. The summed E-state index contributed by atoms with van der Waals surface area (Å²) in [6.07, 6.45) is 0. The fraction of sp³-hybridized carbons (Fsp3) is 0.125. The molecule has 0 saturated carbocycles. The number of nitrogens with two attached hydrogens (primary N) is 1. The van der Waals surface area contributed by atoms with Crippen LogP contribution in [-0.4, -0.2) is 31.9 Å². The van der Waals surface area contributed by atoms with Crippen LogP contribution in [0.25, 0.3) is 0 Å². The molecule has 0 spiro atoms.